The van der Waals surface area contributed by atoms with Crippen LogP contribution in [-0.4, -0.2) is 13.3 Å². The third-order valence-electron chi connectivity index (χ3n) is 3.42. The van der Waals surface area contributed by atoms with Gasteiger partial charge in [0.25, 0.3) is 0 Å². The normalized spacial score (nSPS) is 14.0. The zero-order chi connectivity index (χ0) is 14.8. The highest BCUT2D eigenvalue weighted by Crippen LogP contribution is 2.35. The van der Waals surface area contributed by atoms with Crippen molar-refractivity contribution in [3.8, 4) is 11.5 Å². The van der Waals surface area contributed by atoms with E-state index >= 15 is 0 Å². The van der Waals surface area contributed by atoms with E-state index in [2.05, 4.69) is 40.3 Å². The summed E-state index contributed by atoms with van der Waals surface area (Å²) < 4.78 is 11.8. The molecule has 2 aromatic carbocycles. The van der Waals surface area contributed by atoms with Crippen molar-refractivity contribution in [1.29, 1.82) is 0 Å². The molecular formula is C16H17BrN2O2. The van der Waals surface area contributed by atoms with Crippen LogP contribution < -0.4 is 20.5 Å². The Labute approximate surface area is 132 Å². The SMILES string of the molecule is Cc1cc(Br)cc(NC(CN)c2ccc3c(c2)OCO3)c1. The quantitative estimate of drug-likeness (QED) is 0.886. The Bertz CT molecular complexity index is 640. The van der Waals surface area contributed by atoms with Crippen molar-refractivity contribution < 1.29 is 9.47 Å². The lowest BCUT2D eigenvalue weighted by atomic mass is 10.1. The fraction of sp³-hybridized carbons (Fsp3) is 0.250. The molecule has 1 unspecified atom stereocenters. The van der Waals surface area contributed by atoms with Gasteiger partial charge in [0.1, 0.15) is 0 Å². The van der Waals surface area contributed by atoms with Crippen molar-refractivity contribution >= 4 is 21.6 Å². The van der Waals surface area contributed by atoms with Gasteiger partial charge in [-0.3, -0.25) is 0 Å². The van der Waals surface area contributed by atoms with E-state index in [0.29, 0.717) is 6.54 Å². The second-order valence-electron chi connectivity index (χ2n) is 5.06. The molecule has 5 heteroatoms. The van der Waals surface area contributed by atoms with Gasteiger partial charge >= 0.3 is 0 Å². The molecule has 4 nitrogen and oxygen atoms in total. The minimum atomic E-state index is 0.0215. The van der Waals surface area contributed by atoms with Crippen LogP contribution in [0.1, 0.15) is 17.2 Å². The molecule has 110 valence electrons. The number of rotatable bonds is 4. The summed E-state index contributed by atoms with van der Waals surface area (Å²) in [5.41, 5.74) is 9.24. The average Bonchev–Trinajstić information content (AvgIpc) is 2.91. The van der Waals surface area contributed by atoms with Gasteiger partial charge in [-0.1, -0.05) is 22.0 Å². The minimum Gasteiger partial charge on any atom is -0.454 e. The summed E-state index contributed by atoms with van der Waals surface area (Å²) in [5.74, 6) is 1.56. The van der Waals surface area contributed by atoms with Gasteiger partial charge in [0.15, 0.2) is 11.5 Å². The summed E-state index contributed by atoms with van der Waals surface area (Å²) in [6.45, 7) is 2.84. The molecule has 3 N–H and O–H groups in total. The van der Waals surface area contributed by atoms with Crippen molar-refractivity contribution in [3.05, 3.63) is 52.0 Å². The molecule has 0 bridgehead atoms. The Morgan fingerprint density at radius 1 is 1.19 bits per heavy atom. The van der Waals surface area contributed by atoms with E-state index in [1.165, 1.54) is 5.56 Å². The summed E-state index contributed by atoms with van der Waals surface area (Å²) in [7, 11) is 0. The van der Waals surface area contributed by atoms with E-state index in [9.17, 15) is 0 Å². The van der Waals surface area contributed by atoms with Crippen LogP contribution in [0.25, 0.3) is 0 Å². The second kappa shape index (κ2) is 5.95. The molecule has 1 aliphatic heterocycles. The number of anilines is 1. The summed E-state index contributed by atoms with van der Waals surface area (Å²) in [6, 6.07) is 12.2. The van der Waals surface area contributed by atoms with Gasteiger partial charge in [-0.05, 0) is 48.4 Å². The maximum atomic E-state index is 5.93. The maximum Gasteiger partial charge on any atom is 0.231 e. The second-order valence-corrected chi connectivity index (χ2v) is 5.98. The Balaban J connectivity index is 1.84. The molecule has 1 atom stereocenters. The molecule has 1 aliphatic rings. The Morgan fingerprint density at radius 3 is 2.76 bits per heavy atom. The van der Waals surface area contributed by atoms with Gasteiger partial charge in [0, 0.05) is 16.7 Å². The number of nitrogens with one attached hydrogen (secondary N) is 1. The van der Waals surface area contributed by atoms with Gasteiger partial charge in [0.2, 0.25) is 6.79 Å². The van der Waals surface area contributed by atoms with Crippen LogP contribution in [0.5, 0.6) is 11.5 Å². The first kappa shape index (κ1) is 14.2. The number of fused-ring (bicyclic) bond motifs is 1. The molecule has 21 heavy (non-hydrogen) atoms. The van der Waals surface area contributed by atoms with Crippen molar-refractivity contribution in [2.45, 2.75) is 13.0 Å². The highest BCUT2D eigenvalue weighted by atomic mass is 79.9. The zero-order valence-corrected chi connectivity index (χ0v) is 13.3. The van der Waals surface area contributed by atoms with Crippen LogP contribution in [0.3, 0.4) is 0 Å². The Morgan fingerprint density at radius 2 is 2.00 bits per heavy atom. The van der Waals surface area contributed by atoms with Crippen LogP contribution in [0, 0.1) is 6.92 Å². The smallest absolute Gasteiger partial charge is 0.231 e. The monoisotopic (exact) mass is 348 g/mol. The van der Waals surface area contributed by atoms with Gasteiger partial charge in [-0.15, -0.1) is 0 Å². The number of ether oxygens (including phenoxy) is 2. The molecule has 0 radical (unpaired) electrons. The number of aryl methyl sites for hydroxylation is 1. The number of nitrogens with two attached hydrogens (primary N) is 1. The first-order chi connectivity index (χ1) is 10.2. The van der Waals surface area contributed by atoms with Crippen LogP contribution in [0.15, 0.2) is 40.9 Å². The summed E-state index contributed by atoms with van der Waals surface area (Å²) in [6.07, 6.45) is 0. The molecule has 0 saturated carbocycles. The minimum absolute atomic E-state index is 0.0215. The van der Waals surface area contributed by atoms with Crippen molar-refractivity contribution in [2.75, 3.05) is 18.7 Å². The van der Waals surface area contributed by atoms with Crippen LogP contribution in [0.4, 0.5) is 5.69 Å². The molecular weight excluding hydrogens is 332 g/mol. The standard InChI is InChI=1S/C16H17BrN2O2/c1-10-4-12(17)7-13(5-10)19-14(8-18)11-2-3-15-16(6-11)21-9-20-15/h2-7,14,19H,8-9,18H2,1H3. The molecule has 3 rings (SSSR count). The lowest BCUT2D eigenvalue weighted by Crippen LogP contribution is -2.20. The average molecular weight is 349 g/mol. The topological polar surface area (TPSA) is 56.5 Å². The van der Waals surface area contributed by atoms with E-state index in [4.69, 9.17) is 15.2 Å². The molecule has 0 aromatic heterocycles. The van der Waals surface area contributed by atoms with E-state index in [1.54, 1.807) is 0 Å². The van der Waals surface area contributed by atoms with Crippen LogP contribution in [0.2, 0.25) is 0 Å². The van der Waals surface area contributed by atoms with Gasteiger partial charge in [0.05, 0.1) is 6.04 Å². The van der Waals surface area contributed by atoms with E-state index in [-0.39, 0.29) is 12.8 Å². The zero-order valence-electron chi connectivity index (χ0n) is 11.7. The fourth-order valence-electron chi connectivity index (χ4n) is 2.43. The molecule has 2 aromatic rings. The first-order valence-electron chi connectivity index (χ1n) is 6.79. The lowest BCUT2D eigenvalue weighted by molar-refractivity contribution is 0.174. The van der Waals surface area contributed by atoms with Crippen molar-refractivity contribution in [2.24, 2.45) is 5.73 Å². The van der Waals surface area contributed by atoms with Gasteiger partial charge in [-0.2, -0.15) is 0 Å². The molecule has 0 fully saturated rings. The highest BCUT2D eigenvalue weighted by Gasteiger charge is 2.17. The predicted octanol–water partition coefficient (Wildman–Crippen LogP) is 3.60. The maximum absolute atomic E-state index is 5.93. The van der Waals surface area contributed by atoms with Crippen molar-refractivity contribution in [3.63, 3.8) is 0 Å². The largest absolute Gasteiger partial charge is 0.454 e. The Kier molecular flexibility index (Phi) is 4.03. The lowest BCUT2D eigenvalue weighted by Gasteiger charge is -2.19. The van der Waals surface area contributed by atoms with Gasteiger partial charge in [-0.25, -0.2) is 0 Å². The third kappa shape index (κ3) is 3.14. The predicted molar refractivity (Wildman–Crippen MR) is 86.9 cm³/mol. The Hall–Kier alpha value is -1.72. The summed E-state index contributed by atoms with van der Waals surface area (Å²) in [5, 5.41) is 3.47. The highest BCUT2D eigenvalue weighted by molar-refractivity contribution is 9.10. The molecule has 0 amide bonds. The van der Waals surface area contributed by atoms with E-state index < -0.39 is 0 Å². The fourth-order valence-corrected chi connectivity index (χ4v) is 3.04. The molecule has 0 aliphatic carbocycles. The van der Waals surface area contributed by atoms with E-state index in [0.717, 1.165) is 27.2 Å². The van der Waals surface area contributed by atoms with Crippen LogP contribution >= 0.6 is 15.9 Å². The van der Waals surface area contributed by atoms with E-state index in [1.807, 2.05) is 24.3 Å². The number of halogens is 1. The van der Waals surface area contributed by atoms with Gasteiger partial charge < -0.3 is 20.5 Å². The third-order valence-corrected chi connectivity index (χ3v) is 3.88. The number of hydrogen-bond donors (Lipinski definition) is 2. The molecule has 0 saturated heterocycles. The van der Waals surface area contributed by atoms with Crippen molar-refractivity contribution in [1.82, 2.24) is 0 Å². The molecule has 0 spiro atoms. The summed E-state index contributed by atoms with van der Waals surface area (Å²) >= 11 is 3.51. The number of benzene rings is 2. The molecule has 1 heterocycles. The number of hydrogen-bond acceptors (Lipinski definition) is 4. The summed E-state index contributed by atoms with van der Waals surface area (Å²) in [4.78, 5) is 0. The van der Waals surface area contributed by atoms with Crippen LogP contribution in [-0.2, 0) is 0 Å². The first-order valence-corrected chi connectivity index (χ1v) is 7.58.